The summed E-state index contributed by atoms with van der Waals surface area (Å²) in [6.07, 6.45) is 21.6. The second kappa shape index (κ2) is 12.6. The summed E-state index contributed by atoms with van der Waals surface area (Å²) in [5.41, 5.74) is 2.36. The molecule has 3 fully saturated rings. The van der Waals surface area contributed by atoms with E-state index in [0.29, 0.717) is 11.2 Å². The van der Waals surface area contributed by atoms with Crippen LogP contribution >= 0.6 is 31.9 Å². The average Bonchev–Trinajstić information content (AvgIpc) is 3.22. The summed E-state index contributed by atoms with van der Waals surface area (Å²) < 4.78 is 13.1. The van der Waals surface area contributed by atoms with Crippen LogP contribution in [0.1, 0.15) is 117 Å². The van der Waals surface area contributed by atoms with E-state index in [9.17, 15) is 4.79 Å². The highest BCUT2D eigenvalue weighted by Gasteiger charge is 2.58. The van der Waals surface area contributed by atoms with Gasteiger partial charge >= 0.3 is 6.16 Å². The van der Waals surface area contributed by atoms with E-state index in [4.69, 9.17) is 9.47 Å². The minimum Gasteiger partial charge on any atom is -0.430 e. The first-order valence-corrected chi connectivity index (χ1v) is 17.4. The Balaban J connectivity index is 1.18. The number of carbonyl (C=O) groups is 1. The van der Waals surface area contributed by atoms with Crippen molar-refractivity contribution in [1.29, 1.82) is 0 Å². The van der Waals surface area contributed by atoms with Crippen LogP contribution in [-0.4, -0.2) is 12.3 Å². The van der Waals surface area contributed by atoms with Crippen molar-refractivity contribution in [3.8, 4) is 5.75 Å². The topological polar surface area (TPSA) is 35.5 Å². The molecule has 1 aromatic carbocycles. The first-order valence-electron chi connectivity index (χ1n) is 15.8. The lowest BCUT2D eigenvalue weighted by Gasteiger charge is -2.58. The Morgan fingerprint density at radius 1 is 0.923 bits per heavy atom. The van der Waals surface area contributed by atoms with Gasteiger partial charge in [-0.2, -0.15) is 0 Å². The highest BCUT2D eigenvalue weighted by atomic mass is 79.9. The van der Waals surface area contributed by atoms with Gasteiger partial charge in [-0.25, -0.2) is 4.79 Å². The molecule has 0 aliphatic heterocycles. The van der Waals surface area contributed by atoms with Gasteiger partial charge in [-0.15, -0.1) is 0 Å². The van der Waals surface area contributed by atoms with Gasteiger partial charge in [-0.3, -0.25) is 0 Å². The van der Waals surface area contributed by atoms with Gasteiger partial charge in [0.15, 0.2) is 0 Å². The monoisotopic (exact) mass is 662 g/mol. The standard InChI is InChI=1S/C34H48Br2O3/c1-4-5-6-7-8-9-10-23-12-14-30-29-13-11-24-19-27(15-17-34(24,3)31(29)16-18-33(23,30)2)38-32(37)39-28-21-25(35)20-26(36)22-28/h11,20-23,27,29-31H,4-10,12-19H2,1-3H3. The van der Waals surface area contributed by atoms with E-state index in [1.165, 1.54) is 77.0 Å². The molecule has 39 heavy (non-hydrogen) atoms. The fourth-order valence-electron chi connectivity index (χ4n) is 9.33. The smallest absolute Gasteiger partial charge is 0.430 e. The summed E-state index contributed by atoms with van der Waals surface area (Å²) in [6.45, 7) is 7.51. The third-order valence-electron chi connectivity index (χ3n) is 11.5. The Morgan fingerprint density at radius 3 is 2.44 bits per heavy atom. The van der Waals surface area contributed by atoms with Gasteiger partial charge in [0, 0.05) is 15.4 Å². The zero-order valence-corrected chi connectivity index (χ0v) is 27.5. The summed E-state index contributed by atoms with van der Waals surface area (Å²) in [5.74, 6) is 3.94. The van der Waals surface area contributed by atoms with E-state index in [-0.39, 0.29) is 11.5 Å². The number of allylic oxidation sites excluding steroid dienone is 1. The normalized spacial score (nSPS) is 35.4. The summed E-state index contributed by atoms with van der Waals surface area (Å²) >= 11 is 6.90. The van der Waals surface area contributed by atoms with Gasteiger partial charge in [0.25, 0.3) is 0 Å². The van der Waals surface area contributed by atoms with E-state index in [1.807, 2.05) is 6.07 Å². The predicted octanol–water partition coefficient (Wildman–Crippen LogP) is 11.4. The quantitative estimate of drug-likeness (QED) is 0.114. The summed E-state index contributed by atoms with van der Waals surface area (Å²) in [5, 5.41) is 0. The van der Waals surface area contributed by atoms with Crippen LogP contribution in [0.3, 0.4) is 0 Å². The van der Waals surface area contributed by atoms with E-state index >= 15 is 0 Å². The maximum Gasteiger partial charge on any atom is 0.514 e. The number of unbranched alkanes of at least 4 members (excludes halogenated alkanes) is 5. The first kappa shape index (κ1) is 29.7. The summed E-state index contributed by atoms with van der Waals surface area (Å²) in [7, 11) is 0. The number of ether oxygens (including phenoxy) is 2. The van der Waals surface area contributed by atoms with Crippen molar-refractivity contribution >= 4 is 38.0 Å². The molecule has 216 valence electrons. The van der Waals surface area contributed by atoms with Crippen LogP contribution in [0.4, 0.5) is 4.79 Å². The Bertz CT molecular complexity index is 1030. The van der Waals surface area contributed by atoms with E-state index in [2.05, 4.69) is 58.7 Å². The molecule has 0 spiro atoms. The number of carbonyl (C=O) groups excluding carboxylic acids is 1. The van der Waals surface area contributed by atoms with Crippen molar-refractivity contribution in [2.45, 2.75) is 123 Å². The third-order valence-corrected chi connectivity index (χ3v) is 12.4. The summed E-state index contributed by atoms with van der Waals surface area (Å²) in [4.78, 5) is 12.6. The molecule has 5 rings (SSSR count). The SMILES string of the molecule is CCCCCCCCC1CCC2C3CC=C4CC(OC(=O)Oc5cc(Br)cc(Br)c5)CCC4(C)C3CCC12C. The van der Waals surface area contributed by atoms with Crippen LogP contribution < -0.4 is 4.74 Å². The first-order chi connectivity index (χ1) is 18.7. The number of halogens is 2. The fourth-order valence-corrected chi connectivity index (χ4v) is 10.6. The second-order valence-corrected chi connectivity index (χ2v) is 15.4. The third kappa shape index (κ3) is 6.35. The molecular formula is C34H48Br2O3. The molecule has 5 heteroatoms. The van der Waals surface area contributed by atoms with Crippen molar-refractivity contribution < 1.29 is 14.3 Å². The number of rotatable bonds is 9. The highest BCUT2D eigenvalue weighted by Crippen LogP contribution is 2.66. The lowest BCUT2D eigenvalue weighted by molar-refractivity contribution is -0.0538. The number of fused-ring (bicyclic) bond motifs is 5. The summed E-state index contributed by atoms with van der Waals surface area (Å²) in [6, 6.07) is 5.48. The van der Waals surface area contributed by atoms with Crippen molar-refractivity contribution in [2.24, 2.45) is 34.5 Å². The van der Waals surface area contributed by atoms with Gasteiger partial charge in [0.05, 0.1) is 0 Å². The van der Waals surface area contributed by atoms with Gasteiger partial charge in [0.2, 0.25) is 0 Å². The molecule has 0 heterocycles. The van der Waals surface area contributed by atoms with Crippen LogP contribution in [0.15, 0.2) is 38.8 Å². The molecule has 0 amide bonds. The Kier molecular flexibility index (Phi) is 9.58. The largest absolute Gasteiger partial charge is 0.514 e. The molecule has 7 atom stereocenters. The molecule has 4 aliphatic rings. The lowest BCUT2D eigenvalue weighted by Crippen LogP contribution is -2.50. The molecule has 3 nitrogen and oxygen atoms in total. The fraction of sp³-hybridized carbons (Fsp3) is 0.735. The van der Waals surface area contributed by atoms with Gasteiger partial charge < -0.3 is 9.47 Å². The molecule has 0 aromatic heterocycles. The molecule has 3 saturated carbocycles. The van der Waals surface area contributed by atoms with Crippen LogP contribution in [-0.2, 0) is 4.74 Å². The minimum absolute atomic E-state index is 0.0917. The van der Waals surface area contributed by atoms with E-state index in [0.717, 1.165) is 51.9 Å². The number of hydrogen-bond donors (Lipinski definition) is 0. The Morgan fingerprint density at radius 2 is 1.67 bits per heavy atom. The van der Waals surface area contributed by atoms with E-state index in [1.54, 1.807) is 17.7 Å². The second-order valence-electron chi connectivity index (χ2n) is 13.6. The average molecular weight is 665 g/mol. The highest BCUT2D eigenvalue weighted by molar-refractivity contribution is 9.11. The molecule has 0 N–H and O–H groups in total. The van der Waals surface area contributed by atoms with Crippen LogP contribution in [0.25, 0.3) is 0 Å². The van der Waals surface area contributed by atoms with Crippen LogP contribution in [0.5, 0.6) is 5.75 Å². The molecule has 7 unspecified atom stereocenters. The maximum atomic E-state index is 12.6. The molecule has 1 aromatic rings. The Hall–Kier alpha value is -0.810. The molecule has 4 aliphatic carbocycles. The van der Waals surface area contributed by atoms with Crippen molar-refractivity contribution in [2.75, 3.05) is 0 Å². The minimum atomic E-state index is -0.598. The zero-order valence-electron chi connectivity index (χ0n) is 24.3. The van der Waals surface area contributed by atoms with Gasteiger partial charge in [-0.05, 0) is 104 Å². The Labute approximate surface area is 253 Å². The van der Waals surface area contributed by atoms with Gasteiger partial charge in [0.1, 0.15) is 11.9 Å². The van der Waals surface area contributed by atoms with E-state index < -0.39 is 6.16 Å². The number of benzene rings is 1. The zero-order chi connectivity index (χ0) is 27.6. The van der Waals surface area contributed by atoms with Crippen molar-refractivity contribution in [3.05, 3.63) is 38.8 Å². The van der Waals surface area contributed by atoms with Crippen LogP contribution in [0, 0.1) is 34.5 Å². The molecule has 0 saturated heterocycles. The van der Waals surface area contributed by atoms with Crippen molar-refractivity contribution in [1.82, 2.24) is 0 Å². The predicted molar refractivity (Wildman–Crippen MR) is 166 cm³/mol. The maximum absolute atomic E-state index is 12.6. The molecule has 0 radical (unpaired) electrons. The lowest BCUT2D eigenvalue weighted by atomic mass is 9.47. The molecule has 0 bridgehead atoms. The van der Waals surface area contributed by atoms with Crippen molar-refractivity contribution in [3.63, 3.8) is 0 Å². The molecular weight excluding hydrogens is 616 g/mol. The van der Waals surface area contributed by atoms with Gasteiger partial charge in [-0.1, -0.05) is 103 Å². The van der Waals surface area contributed by atoms with Crippen LogP contribution in [0.2, 0.25) is 0 Å². The number of hydrogen-bond acceptors (Lipinski definition) is 3.